The molecule has 0 saturated heterocycles. The smallest absolute Gasteiger partial charge is 0.226 e. The Morgan fingerprint density at radius 2 is 2.40 bits per heavy atom. The molecule has 0 bridgehead atoms. The number of hydrogen-bond acceptors (Lipinski definition) is 3. The van der Waals surface area contributed by atoms with Crippen molar-refractivity contribution in [2.45, 2.75) is 19.8 Å². The van der Waals surface area contributed by atoms with Gasteiger partial charge in [-0.2, -0.15) is 4.98 Å². The predicted octanol–water partition coefficient (Wildman–Crippen LogP) is 1.55. The van der Waals surface area contributed by atoms with Crippen molar-refractivity contribution in [3.05, 3.63) is 11.7 Å². The SMILES string of the molecule is Cc1noc(CCCCl)n1. The van der Waals surface area contributed by atoms with Crippen molar-refractivity contribution < 1.29 is 4.52 Å². The molecule has 56 valence electrons. The highest BCUT2D eigenvalue weighted by molar-refractivity contribution is 6.17. The van der Waals surface area contributed by atoms with Crippen LogP contribution in [0.1, 0.15) is 18.1 Å². The van der Waals surface area contributed by atoms with Crippen LogP contribution in [0.5, 0.6) is 0 Å². The van der Waals surface area contributed by atoms with Crippen molar-refractivity contribution >= 4 is 11.6 Å². The molecule has 1 rings (SSSR count). The molecule has 0 N–H and O–H groups in total. The molecule has 1 heterocycles. The second kappa shape index (κ2) is 3.56. The lowest BCUT2D eigenvalue weighted by Crippen LogP contribution is -1.85. The third-order valence-corrected chi connectivity index (χ3v) is 1.36. The summed E-state index contributed by atoms with van der Waals surface area (Å²) in [7, 11) is 0. The van der Waals surface area contributed by atoms with Crippen LogP contribution in [0.4, 0.5) is 0 Å². The number of halogens is 1. The zero-order valence-corrected chi connectivity index (χ0v) is 6.56. The standard InChI is InChI=1S/C6H9ClN2O/c1-5-8-6(10-9-5)3-2-4-7/h2-4H2,1H3. The molecule has 0 atom stereocenters. The van der Waals surface area contributed by atoms with Gasteiger partial charge in [0.15, 0.2) is 5.82 Å². The van der Waals surface area contributed by atoms with Gasteiger partial charge in [-0.15, -0.1) is 11.6 Å². The van der Waals surface area contributed by atoms with E-state index in [1.54, 1.807) is 6.92 Å². The molecule has 0 aliphatic carbocycles. The summed E-state index contributed by atoms with van der Waals surface area (Å²) in [6.07, 6.45) is 1.67. The lowest BCUT2D eigenvalue weighted by molar-refractivity contribution is 0.374. The number of alkyl halides is 1. The van der Waals surface area contributed by atoms with Gasteiger partial charge >= 0.3 is 0 Å². The van der Waals surface area contributed by atoms with Crippen LogP contribution < -0.4 is 0 Å². The van der Waals surface area contributed by atoms with Gasteiger partial charge in [-0.05, 0) is 13.3 Å². The van der Waals surface area contributed by atoms with Gasteiger partial charge in [0.2, 0.25) is 5.89 Å². The second-order valence-corrected chi connectivity index (χ2v) is 2.41. The second-order valence-electron chi connectivity index (χ2n) is 2.03. The maximum absolute atomic E-state index is 5.47. The van der Waals surface area contributed by atoms with Crippen LogP contribution in [-0.2, 0) is 6.42 Å². The highest BCUT2D eigenvalue weighted by atomic mass is 35.5. The van der Waals surface area contributed by atoms with Crippen molar-refractivity contribution in [2.75, 3.05) is 5.88 Å². The molecule has 0 spiro atoms. The zero-order valence-electron chi connectivity index (χ0n) is 5.80. The van der Waals surface area contributed by atoms with Gasteiger partial charge in [0.1, 0.15) is 0 Å². The highest BCUT2D eigenvalue weighted by Gasteiger charge is 1.99. The summed E-state index contributed by atoms with van der Waals surface area (Å²) in [5.41, 5.74) is 0. The van der Waals surface area contributed by atoms with E-state index in [2.05, 4.69) is 10.1 Å². The highest BCUT2D eigenvalue weighted by Crippen LogP contribution is 2.00. The summed E-state index contributed by atoms with van der Waals surface area (Å²) in [4.78, 5) is 4.01. The molecule has 0 aliphatic rings. The van der Waals surface area contributed by atoms with Crippen molar-refractivity contribution in [3.63, 3.8) is 0 Å². The molecule has 4 heteroatoms. The Morgan fingerprint density at radius 3 is 2.90 bits per heavy atom. The molecule has 3 nitrogen and oxygen atoms in total. The average Bonchev–Trinajstić information content (AvgIpc) is 2.31. The van der Waals surface area contributed by atoms with E-state index in [1.165, 1.54) is 0 Å². The number of hydrogen-bond donors (Lipinski definition) is 0. The van der Waals surface area contributed by atoms with Crippen LogP contribution in [0.2, 0.25) is 0 Å². The largest absolute Gasteiger partial charge is 0.339 e. The Hall–Kier alpha value is -0.570. The Labute approximate surface area is 64.4 Å². The van der Waals surface area contributed by atoms with E-state index >= 15 is 0 Å². The number of nitrogens with zero attached hydrogens (tertiary/aromatic N) is 2. The van der Waals surface area contributed by atoms with Crippen LogP contribution in [0, 0.1) is 6.92 Å². The van der Waals surface area contributed by atoms with Gasteiger partial charge in [0.05, 0.1) is 0 Å². The van der Waals surface area contributed by atoms with Gasteiger partial charge < -0.3 is 4.52 Å². The van der Waals surface area contributed by atoms with Crippen LogP contribution in [0.15, 0.2) is 4.52 Å². The summed E-state index contributed by atoms with van der Waals surface area (Å²) in [6.45, 7) is 1.80. The van der Waals surface area contributed by atoms with Gasteiger partial charge in [-0.3, -0.25) is 0 Å². The number of aromatic nitrogens is 2. The van der Waals surface area contributed by atoms with E-state index < -0.39 is 0 Å². The maximum atomic E-state index is 5.47. The first kappa shape index (κ1) is 7.54. The van der Waals surface area contributed by atoms with Gasteiger partial charge in [0, 0.05) is 12.3 Å². The summed E-state index contributed by atoms with van der Waals surface area (Å²) in [6, 6.07) is 0. The van der Waals surface area contributed by atoms with E-state index in [9.17, 15) is 0 Å². The van der Waals surface area contributed by atoms with E-state index in [4.69, 9.17) is 16.1 Å². The molecule has 10 heavy (non-hydrogen) atoms. The van der Waals surface area contributed by atoms with Crippen LogP contribution >= 0.6 is 11.6 Å². The van der Waals surface area contributed by atoms with Crippen molar-refractivity contribution in [3.8, 4) is 0 Å². The molecule has 0 saturated carbocycles. The first-order valence-corrected chi connectivity index (χ1v) is 3.71. The van der Waals surface area contributed by atoms with Crippen LogP contribution in [0.3, 0.4) is 0 Å². The Kier molecular flexibility index (Phi) is 2.68. The number of rotatable bonds is 3. The molecule has 0 aliphatic heterocycles. The first-order chi connectivity index (χ1) is 4.83. The summed E-state index contributed by atoms with van der Waals surface area (Å²) < 4.78 is 4.85. The normalized spacial score (nSPS) is 10.2. The molecule has 1 aromatic heterocycles. The minimum Gasteiger partial charge on any atom is -0.339 e. The molecule has 0 fully saturated rings. The quantitative estimate of drug-likeness (QED) is 0.630. The van der Waals surface area contributed by atoms with Crippen molar-refractivity contribution in [1.29, 1.82) is 0 Å². The molecule has 0 unspecified atom stereocenters. The maximum Gasteiger partial charge on any atom is 0.226 e. The molecule has 0 radical (unpaired) electrons. The summed E-state index contributed by atoms with van der Waals surface area (Å²) in [5, 5.41) is 3.64. The Balaban J connectivity index is 2.42. The lowest BCUT2D eigenvalue weighted by Gasteiger charge is -1.86. The van der Waals surface area contributed by atoms with Gasteiger partial charge in [-0.1, -0.05) is 5.16 Å². The van der Waals surface area contributed by atoms with Crippen LogP contribution in [0.25, 0.3) is 0 Å². The summed E-state index contributed by atoms with van der Waals surface area (Å²) in [5.74, 6) is 2.00. The molecule has 1 aromatic rings. The molecule has 0 aromatic carbocycles. The monoisotopic (exact) mass is 160 g/mol. The summed E-state index contributed by atoms with van der Waals surface area (Å²) >= 11 is 5.47. The number of aryl methyl sites for hydroxylation is 2. The van der Waals surface area contributed by atoms with Crippen LogP contribution in [-0.4, -0.2) is 16.0 Å². The lowest BCUT2D eigenvalue weighted by atomic mass is 10.3. The van der Waals surface area contributed by atoms with Gasteiger partial charge in [-0.25, -0.2) is 0 Å². The topological polar surface area (TPSA) is 38.9 Å². The van der Waals surface area contributed by atoms with Gasteiger partial charge in [0.25, 0.3) is 0 Å². The minimum absolute atomic E-state index is 0.640. The van der Waals surface area contributed by atoms with E-state index in [1.807, 2.05) is 0 Å². The Bertz CT molecular complexity index is 199. The molecular formula is C6H9ClN2O. The Morgan fingerprint density at radius 1 is 1.60 bits per heavy atom. The van der Waals surface area contributed by atoms with Crippen molar-refractivity contribution in [1.82, 2.24) is 10.1 Å². The zero-order chi connectivity index (χ0) is 7.40. The van der Waals surface area contributed by atoms with Crippen molar-refractivity contribution in [2.24, 2.45) is 0 Å². The molecular weight excluding hydrogens is 152 g/mol. The van der Waals surface area contributed by atoms with E-state index in [0.29, 0.717) is 17.6 Å². The first-order valence-electron chi connectivity index (χ1n) is 3.18. The molecule has 0 amide bonds. The third-order valence-electron chi connectivity index (χ3n) is 1.09. The average molecular weight is 161 g/mol. The fourth-order valence-electron chi connectivity index (χ4n) is 0.660. The third kappa shape index (κ3) is 1.99. The van der Waals surface area contributed by atoms with E-state index in [-0.39, 0.29) is 0 Å². The minimum atomic E-state index is 0.640. The fraction of sp³-hybridized carbons (Fsp3) is 0.667. The fourth-order valence-corrected chi connectivity index (χ4v) is 0.793. The van der Waals surface area contributed by atoms with E-state index in [0.717, 1.165) is 12.8 Å². The predicted molar refractivity (Wildman–Crippen MR) is 38.1 cm³/mol.